The van der Waals surface area contributed by atoms with E-state index < -0.39 is 26.6 Å². The molecule has 0 aliphatic carbocycles. The Bertz CT molecular complexity index is 594. The Balaban J connectivity index is 2.82. The lowest BCUT2D eigenvalue weighted by atomic mass is 10.2. The Kier molecular flexibility index (Phi) is 5.67. The monoisotopic (exact) mass is 322 g/mol. The zero-order chi connectivity index (χ0) is 15.5. The molecule has 2 unspecified atom stereocenters. The van der Waals surface area contributed by atoms with Crippen LogP contribution in [0.3, 0.4) is 0 Å². The predicted molar refractivity (Wildman–Crippen MR) is 78.9 cm³/mol. The number of sulfonamides is 1. The lowest BCUT2D eigenvalue weighted by molar-refractivity contribution is 0.573. The summed E-state index contributed by atoms with van der Waals surface area (Å²) in [6, 6.07) is 2.16. The van der Waals surface area contributed by atoms with E-state index in [0.29, 0.717) is 6.42 Å². The van der Waals surface area contributed by atoms with Crippen LogP contribution in [0.5, 0.6) is 0 Å². The van der Waals surface area contributed by atoms with Gasteiger partial charge in [0, 0.05) is 40.1 Å². The van der Waals surface area contributed by atoms with E-state index in [0.717, 1.165) is 6.07 Å². The summed E-state index contributed by atoms with van der Waals surface area (Å²) < 4.78 is 51.0. The Labute approximate surface area is 121 Å². The first-order valence-corrected chi connectivity index (χ1v) is 9.13. The zero-order valence-electron chi connectivity index (χ0n) is 11.6. The fourth-order valence-corrected chi connectivity index (χ4v) is 3.02. The van der Waals surface area contributed by atoms with Gasteiger partial charge in [0.25, 0.3) is 0 Å². The van der Waals surface area contributed by atoms with E-state index in [9.17, 15) is 17.0 Å². The molecule has 0 fully saturated rings. The third-order valence-corrected chi connectivity index (χ3v) is 5.89. The van der Waals surface area contributed by atoms with Gasteiger partial charge in [0.15, 0.2) is 0 Å². The molecular weight excluding hydrogens is 303 g/mol. The molecule has 0 amide bonds. The van der Waals surface area contributed by atoms with Crippen LogP contribution in [-0.4, -0.2) is 30.7 Å². The fraction of sp³-hybridized carbons (Fsp3) is 0.500. The largest absolute Gasteiger partial charge is 0.398 e. The molecule has 5 nitrogen and oxygen atoms in total. The number of benzene rings is 1. The van der Waals surface area contributed by atoms with Crippen molar-refractivity contribution >= 4 is 26.5 Å². The Morgan fingerprint density at radius 3 is 2.55 bits per heavy atom. The summed E-state index contributed by atoms with van der Waals surface area (Å²) in [5, 5.41) is -0.113. The van der Waals surface area contributed by atoms with Gasteiger partial charge in [-0.2, -0.15) is 0 Å². The molecule has 0 aromatic heterocycles. The van der Waals surface area contributed by atoms with Crippen LogP contribution in [0.2, 0.25) is 0 Å². The molecule has 0 bridgehead atoms. The van der Waals surface area contributed by atoms with Crippen molar-refractivity contribution in [3.8, 4) is 0 Å². The summed E-state index contributed by atoms with van der Waals surface area (Å²) >= 11 is 0. The molecule has 0 spiro atoms. The minimum Gasteiger partial charge on any atom is -0.398 e. The van der Waals surface area contributed by atoms with Crippen molar-refractivity contribution in [2.24, 2.45) is 0 Å². The molecule has 0 saturated heterocycles. The third kappa shape index (κ3) is 4.26. The van der Waals surface area contributed by atoms with Crippen LogP contribution < -0.4 is 10.5 Å². The number of nitrogen functional groups attached to an aromatic ring is 1. The predicted octanol–water partition coefficient (Wildman–Crippen LogP) is 1.15. The van der Waals surface area contributed by atoms with Crippen LogP contribution in [0.1, 0.15) is 18.9 Å². The maximum Gasteiger partial charge on any atom is 0.240 e. The van der Waals surface area contributed by atoms with Gasteiger partial charge in [-0.25, -0.2) is 17.5 Å². The summed E-state index contributed by atoms with van der Waals surface area (Å²) in [5.74, 6) is -0.659. The Morgan fingerprint density at radius 1 is 1.45 bits per heavy atom. The van der Waals surface area contributed by atoms with E-state index in [4.69, 9.17) is 5.73 Å². The van der Waals surface area contributed by atoms with Crippen molar-refractivity contribution in [3.05, 3.63) is 23.5 Å². The van der Waals surface area contributed by atoms with Gasteiger partial charge >= 0.3 is 0 Å². The van der Waals surface area contributed by atoms with Crippen molar-refractivity contribution in [3.63, 3.8) is 0 Å². The molecule has 0 heterocycles. The highest BCUT2D eigenvalue weighted by atomic mass is 32.2. The molecule has 0 aliphatic rings. The molecule has 0 aliphatic heterocycles. The van der Waals surface area contributed by atoms with Gasteiger partial charge < -0.3 is 5.73 Å². The first-order chi connectivity index (χ1) is 9.15. The van der Waals surface area contributed by atoms with E-state index in [-0.39, 0.29) is 27.9 Å². The van der Waals surface area contributed by atoms with Gasteiger partial charge in [-0.3, -0.25) is 4.21 Å². The van der Waals surface area contributed by atoms with Crippen LogP contribution in [0.25, 0.3) is 0 Å². The highest BCUT2D eigenvalue weighted by Crippen LogP contribution is 2.20. The Hall–Kier alpha value is -0.990. The van der Waals surface area contributed by atoms with E-state index in [1.54, 1.807) is 13.2 Å². The Morgan fingerprint density at radius 2 is 2.05 bits per heavy atom. The second-order valence-corrected chi connectivity index (χ2v) is 8.18. The lowest BCUT2D eigenvalue weighted by Crippen LogP contribution is -2.28. The second-order valence-electron chi connectivity index (χ2n) is 4.61. The van der Waals surface area contributed by atoms with Gasteiger partial charge in [0.2, 0.25) is 10.0 Å². The summed E-state index contributed by atoms with van der Waals surface area (Å²) in [6.45, 7) is 3.39. The summed E-state index contributed by atoms with van der Waals surface area (Å²) in [5.41, 5.74) is 5.87. The minimum atomic E-state index is -3.81. The van der Waals surface area contributed by atoms with Crippen LogP contribution in [0, 0.1) is 12.7 Å². The van der Waals surface area contributed by atoms with E-state index in [1.807, 2.05) is 0 Å². The smallest absolute Gasteiger partial charge is 0.240 e. The number of anilines is 1. The van der Waals surface area contributed by atoms with Gasteiger partial charge in [0.1, 0.15) is 5.82 Å². The number of rotatable bonds is 6. The molecule has 1 aromatic carbocycles. The summed E-state index contributed by atoms with van der Waals surface area (Å²) in [7, 11) is -4.82. The fourth-order valence-electron chi connectivity index (χ4n) is 1.48. The van der Waals surface area contributed by atoms with Crippen molar-refractivity contribution in [1.82, 2.24) is 4.72 Å². The van der Waals surface area contributed by atoms with E-state index in [2.05, 4.69) is 4.72 Å². The molecule has 0 radical (unpaired) electrons. The van der Waals surface area contributed by atoms with Crippen molar-refractivity contribution in [2.75, 3.05) is 18.5 Å². The third-order valence-electron chi connectivity index (χ3n) is 3.08. The topological polar surface area (TPSA) is 89.3 Å². The van der Waals surface area contributed by atoms with E-state index >= 15 is 0 Å². The van der Waals surface area contributed by atoms with Gasteiger partial charge in [-0.15, -0.1) is 0 Å². The average molecular weight is 322 g/mol. The molecule has 2 atom stereocenters. The molecule has 20 heavy (non-hydrogen) atoms. The molecular formula is C12H19FN2O3S2. The average Bonchev–Trinajstić information content (AvgIpc) is 2.34. The number of nitrogens with one attached hydrogen (secondary N) is 1. The van der Waals surface area contributed by atoms with E-state index in [1.165, 1.54) is 13.0 Å². The van der Waals surface area contributed by atoms with Crippen LogP contribution in [0.15, 0.2) is 17.0 Å². The van der Waals surface area contributed by atoms with Crippen molar-refractivity contribution < 1.29 is 17.0 Å². The zero-order valence-corrected chi connectivity index (χ0v) is 13.3. The van der Waals surface area contributed by atoms with Crippen molar-refractivity contribution in [2.45, 2.75) is 30.4 Å². The van der Waals surface area contributed by atoms with Gasteiger partial charge in [-0.05, 0) is 25.5 Å². The van der Waals surface area contributed by atoms with Crippen LogP contribution in [0.4, 0.5) is 10.1 Å². The molecule has 0 saturated carbocycles. The molecule has 1 aromatic rings. The molecule has 3 N–H and O–H groups in total. The lowest BCUT2D eigenvalue weighted by Gasteiger charge is -2.11. The van der Waals surface area contributed by atoms with Gasteiger partial charge in [0.05, 0.1) is 4.90 Å². The molecule has 114 valence electrons. The highest BCUT2D eigenvalue weighted by molar-refractivity contribution is 7.89. The first-order valence-electron chi connectivity index (χ1n) is 6.02. The first kappa shape index (κ1) is 17.1. The number of hydrogen-bond donors (Lipinski definition) is 2. The maximum atomic E-state index is 13.5. The maximum absolute atomic E-state index is 13.5. The SMILES string of the molecule is Cc1c(N)cc(S(=O)(=O)NCCC(C)S(C)=O)cc1F. The number of nitrogens with two attached hydrogens (primary N) is 1. The molecule has 8 heteroatoms. The number of hydrogen-bond acceptors (Lipinski definition) is 4. The normalized spacial score (nSPS) is 15.0. The van der Waals surface area contributed by atoms with Crippen LogP contribution in [-0.2, 0) is 20.8 Å². The quantitative estimate of drug-likeness (QED) is 0.769. The minimum absolute atomic E-state index is 0.0911. The summed E-state index contributed by atoms with van der Waals surface area (Å²) in [4.78, 5) is -0.205. The second kappa shape index (κ2) is 6.64. The van der Waals surface area contributed by atoms with Crippen LogP contribution >= 0.6 is 0 Å². The highest BCUT2D eigenvalue weighted by Gasteiger charge is 2.17. The summed E-state index contributed by atoms with van der Waals surface area (Å²) in [6.07, 6.45) is 2.00. The molecule has 1 rings (SSSR count). The standard InChI is InChI=1S/C12H19FN2O3S2/c1-8(19(3)16)4-5-15-20(17,18)10-6-11(13)9(2)12(14)7-10/h6-8,15H,4-5,14H2,1-3H3. The van der Waals surface area contributed by atoms with Crippen molar-refractivity contribution in [1.29, 1.82) is 0 Å². The number of halogens is 1. The van der Waals surface area contributed by atoms with Gasteiger partial charge in [-0.1, -0.05) is 6.92 Å².